The number of aromatic nitrogens is 2. The van der Waals surface area contributed by atoms with Crippen LogP contribution in [0.5, 0.6) is 0 Å². The first kappa shape index (κ1) is 22.8. The molecular weight excluding hydrogens is 372 g/mol. The van der Waals surface area contributed by atoms with E-state index in [2.05, 4.69) is 20.6 Å². The van der Waals surface area contributed by atoms with Gasteiger partial charge in [0.2, 0.25) is 5.91 Å². The quantitative estimate of drug-likeness (QED) is 0.675. The lowest BCUT2D eigenvalue weighted by Crippen LogP contribution is -2.55. The summed E-state index contributed by atoms with van der Waals surface area (Å²) in [4.78, 5) is 46.0. The highest BCUT2D eigenvalue weighted by Crippen LogP contribution is 2.27. The van der Waals surface area contributed by atoms with Gasteiger partial charge in [-0.15, -0.1) is 0 Å². The maximum Gasteiger partial charge on any atom is 0.329 e. The van der Waals surface area contributed by atoms with Crippen molar-refractivity contribution in [2.75, 3.05) is 0 Å². The molecule has 160 valence electrons. The topological polar surface area (TPSA) is 110 Å². The number of hydrogen-bond donors (Lipinski definition) is 2. The van der Waals surface area contributed by atoms with E-state index in [0.29, 0.717) is 6.42 Å². The Kier molecular flexibility index (Phi) is 8.10. The third-order valence-electron chi connectivity index (χ3n) is 4.90. The second-order valence-corrected chi connectivity index (χ2v) is 8.44. The number of nitrogens with zero attached hydrogens (tertiary/aromatic N) is 2. The van der Waals surface area contributed by atoms with Crippen molar-refractivity contribution in [3.05, 3.63) is 24.3 Å². The summed E-state index contributed by atoms with van der Waals surface area (Å²) in [6.07, 6.45) is 9.52. The summed E-state index contributed by atoms with van der Waals surface area (Å²) >= 11 is 0. The van der Waals surface area contributed by atoms with Gasteiger partial charge in [0.1, 0.15) is 23.4 Å². The van der Waals surface area contributed by atoms with E-state index in [1.54, 1.807) is 20.8 Å². The Bertz CT molecular complexity index is 696. The molecule has 1 aromatic heterocycles. The molecule has 0 aromatic carbocycles. The summed E-state index contributed by atoms with van der Waals surface area (Å²) < 4.78 is 5.41. The zero-order chi connectivity index (χ0) is 21.4. The van der Waals surface area contributed by atoms with Crippen LogP contribution in [0.2, 0.25) is 0 Å². The Morgan fingerprint density at radius 3 is 2.38 bits per heavy atom. The van der Waals surface area contributed by atoms with Crippen LogP contribution in [0.4, 0.5) is 0 Å². The zero-order valence-corrected chi connectivity index (χ0v) is 17.7. The van der Waals surface area contributed by atoms with Gasteiger partial charge in [-0.1, -0.05) is 26.2 Å². The number of esters is 1. The molecule has 2 atom stereocenters. The molecule has 1 heterocycles. The Morgan fingerprint density at radius 2 is 1.83 bits per heavy atom. The van der Waals surface area contributed by atoms with Gasteiger partial charge in [-0.25, -0.2) is 9.78 Å². The van der Waals surface area contributed by atoms with Crippen molar-refractivity contribution < 1.29 is 19.1 Å². The fourth-order valence-corrected chi connectivity index (χ4v) is 3.46. The van der Waals surface area contributed by atoms with Crippen molar-refractivity contribution in [1.29, 1.82) is 0 Å². The van der Waals surface area contributed by atoms with E-state index in [0.717, 1.165) is 32.1 Å². The molecule has 1 aliphatic rings. The van der Waals surface area contributed by atoms with Gasteiger partial charge in [0.05, 0.1) is 6.20 Å². The smallest absolute Gasteiger partial charge is 0.329 e. The van der Waals surface area contributed by atoms with Crippen LogP contribution in [-0.2, 0) is 14.3 Å². The fraction of sp³-hybridized carbons (Fsp3) is 0.667. The maximum atomic E-state index is 13.1. The molecule has 0 unspecified atom stereocenters. The molecule has 0 saturated heterocycles. The number of carbonyl (C=O) groups is 3. The molecule has 0 radical (unpaired) electrons. The van der Waals surface area contributed by atoms with Crippen molar-refractivity contribution >= 4 is 17.8 Å². The normalized spacial score (nSPS) is 17.1. The minimum absolute atomic E-state index is 0.0144. The predicted octanol–water partition coefficient (Wildman–Crippen LogP) is 2.39. The first-order valence-corrected chi connectivity index (χ1v) is 10.3. The number of nitrogens with one attached hydrogen (secondary N) is 2. The van der Waals surface area contributed by atoms with Gasteiger partial charge in [-0.05, 0) is 46.0 Å². The Morgan fingerprint density at radius 1 is 1.14 bits per heavy atom. The van der Waals surface area contributed by atoms with Crippen LogP contribution in [-0.4, -0.2) is 45.4 Å². The minimum Gasteiger partial charge on any atom is -0.458 e. The molecule has 1 aromatic rings. The molecule has 1 fully saturated rings. The number of amides is 2. The summed E-state index contributed by atoms with van der Waals surface area (Å²) in [6.45, 7) is 7.16. The van der Waals surface area contributed by atoms with E-state index in [4.69, 9.17) is 4.74 Å². The zero-order valence-electron chi connectivity index (χ0n) is 17.7. The summed E-state index contributed by atoms with van der Waals surface area (Å²) in [5.41, 5.74) is -0.488. The van der Waals surface area contributed by atoms with Gasteiger partial charge in [0.15, 0.2) is 0 Å². The molecule has 1 aliphatic carbocycles. The molecule has 8 nitrogen and oxygen atoms in total. The monoisotopic (exact) mass is 404 g/mol. The van der Waals surface area contributed by atoms with E-state index >= 15 is 0 Å². The van der Waals surface area contributed by atoms with Gasteiger partial charge in [0, 0.05) is 12.4 Å². The molecule has 29 heavy (non-hydrogen) atoms. The highest BCUT2D eigenvalue weighted by molar-refractivity contribution is 5.96. The molecule has 2 amide bonds. The third kappa shape index (κ3) is 7.11. The van der Waals surface area contributed by atoms with Crippen LogP contribution in [0.1, 0.15) is 76.7 Å². The first-order valence-electron chi connectivity index (χ1n) is 10.3. The summed E-state index contributed by atoms with van der Waals surface area (Å²) in [5.74, 6) is -1.28. The highest BCUT2D eigenvalue weighted by Gasteiger charge is 2.34. The molecule has 0 spiro atoms. The SMILES string of the molecule is CC[C@H](NC(=O)[C@@H](NC(=O)c1cnccn1)C1CCCCC1)C(=O)OC(C)(C)C. The van der Waals surface area contributed by atoms with Crippen molar-refractivity contribution in [2.24, 2.45) is 5.92 Å². The molecule has 8 heteroatoms. The molecular formula is C21H32N4O4. The van der Waals surface area contributed by atoms with Crippen molar-refractivity contribution in [3.63, 3.8) is 0 Å². The van der Waals surface area contributed by atoms with Crippen molar-refractivity contribution in [3.8, 4) is 0 Å². The lowest BCUT2D eigenvalue weighted by atomic mass is 9.83. The maximum absolute atomic E-state index is 13.1. The van der Waals surface area contributed by atoms with Crippen LogP contribution in [0, 0.1) is 5.92 Å². The van der Waals surface area contributed by atoms with E-state index in [9.17, 15) is 14.4 Å². The van der Waals surface area contributed by atoms with E-state index in [1.165, 1.54) is 18.6 Å². The largest absolute Gasteiger partial charge is 0.458 e. The van der Waals surface area contributed by atoms with Crippen LogP contribution in [0.3, 0.4) is 0 Å². The minimum atomic E-state index is -0.763. The summed E-state index contributed by atoms with van der Waals surface area (Å²) in [7, 11) is 0. The number of hydrogen-bond acceptors (Lipinski definition) is 6. The molecule has 2 rings (SSSR count). The molecule has 0 bridgehead atoms. The van der Waals surface area contributed by atoms with Crippen molar-refractivity contribution in [2.45, 2.75) is 83.9 Å². The van der Waals surface area contributed by atoms with Gasteiger partial charge in [-0.2, -0.15) is 0 Å². The standard InChI is InChI=1S/C21H32N4O4/c1-5-15(20(28)29-21(2,3)4)24-19(27)17(14-9-7-6-8-10-14)25-18(26)16-13-22-11-12-23-16/h11-15,17H,5-10H2,1-4H3,(H,24,27)(H,25,26)/t15-,17-/m0/s1. The van der Waals surface area contributed by atoms with E-state index in [-0.39, 0.29) is 17.5 Å². The van der Waals surface area contributed by atoms with E-state index < -0.39 is 29.6 Å². The number of carbonyl (C=O) groups excluding carboxylic acids is 3. The van der Waals surface area contributed by atoms with Gasteiger partial charge in [0.25, 0.3) is 5.91 Å². The average molecular weight is 405 g/mol. The Hall–Kier alpha value is -2.51. The Balaban J connectivity index is 2.13. The average Bonchev–Trinajstić information content (AvgIpc) is 2.69. The van der Waals surface area contributed by atoms with E-state index in [1.807, 2.05) is 6.92 Å². The van der Waals surface area contributed by atoms with Crippen molar-refractivity contribution in [1.82, 2.24) is 20.6 Å². The first-order chi connectivity index (χ1) is 13.7. The second-order valence-electron chi connectivity index (χ2n) is 8.44. The van der Waals surface area contributed by atoms with Gasteiger partial charge in [-0.3, -0.25) is 14.6 Å². The van der Waals surface area contributed by atoms with Crippen LogP contribution in [0.15, 0.2) is 18.6 Å². The summed E-state index contributed by atoms with van der Waals surface area (Å²) in [5, 5.41) is 5.59. The fourth-order valence-electron chi connectivity index (χ4n) is 3.46. The predicted molar refractivity (Wildman–Crippen MR) is 108 cm³/mol. The highest BCUT2D eigenvalue weighted by atomic mass is 16.6. The number of rotatable bonds is 7. The van der Waals surface area contributed by atoms with Crippen LogP contribution < -0.4 is 10.6 Å². The molecule has 1 saturated carbocycles. The third-order valence-corrected chi connectivity index (χ3v) is 4.90. The Labute approximate surface area is 172 Å². The molecule has 2 N–H and O–H groups in total. The molecule has 0 aliphatic heterocycles. The van der Waals surface area contributed by atoms with Crippen LogP contribution >= 0.6 is 0 Å². The number of ether oxygens (including phenoxy) is 1. The summed E-state index contributed by atoms with van der Waals surface area (Å²) in [6, 6.07) is -1.50. The lowest BCUT2D eigenvalue weighted by Gasteiger charge is -2.31. The lowest BCUT2D eigenvalue weighted by molar-refractivity contribution is -0.159. The van der Waals surface area contributed by atoms with Crippen LogP contribution in [0.25, 0.3) is 0 Å². The van der Waals surface area contributed by atoms with Gasteiger partial charge < -0.3 is 15.4 Å². The second kappa shape index (κ2) is 10.3. The van der Waals surface area contributed by atoms with Gasteiger partial charge >= 0.3 is 5.97 Å².